The van der Waals surface area contributed by atoms with Gasteiger partial charge in [0, 0.05) is 32.1 Å². The third-order valence-electron chi connectivity index (χ3n) is 2.18. The highest BCUT2D eigenvalue weighted by molar-refractivity contribution is 5.71. The first kappa shape index (κ1) is 14.0. The highest BCUT2D eigenvalue weighted by Gasteiger charge is 2.02. The lowest BCUT2D eigenvalue weighted by Crippen LogP contribution is -2.33. The molecule has 0 unspecified atom stereocenters. The standard InChI is InChI=1S/C11H20N6O/c1-3-8-16-9(13-4-2)7-10(17-8)14-5-6-15-11(12)18/h7H,3-6H2,1-2H3,(H3,12,15,18)(H2,13,14,16,17). The van der Waals surface area contributed by atoms with E-state index in [1.165, 1.54) is 0 Å². The molecule has 1 aromatic rings. The molecule has 7 heteroatoms. The molecule has 0 aromatic carbocycles. The second-order valence-electron chi connectivity index (χ2n) is 3.66. The summed E-state index contributed by atoms with van der Waals surface area (Å²) >= 11 is 0. The number of urea groups is 1. The monoisotopic (exact) mass is 252 g/mol. The Morgan fingerprint density at radius 2 is 1.89 bits per heavy atom. The lowest BCUT2D eigenvalue weighted by Gasteiger charge is -2.10. The number of carbonyl (C=O) groups is 1. The Hall–Kier alpha value is -2.05. The molecule has 0 saturated carbocycles. The van der Waals surface area contributed by atoms with Gasteiger partial charge in [-0.2, -0.15) is 0 Å². The molecular formula is C11H20N6O. The van der Waals surface area contributed by atoms with Crippen molar-refractivity contribution in [1.29, 1.82) is 0 Å². The van der Waals surface area contributed by atoms with Crippen molar-refractivity contribution in [3.8, 4) is 0 Å². The highest BCUT2D eigenvalue weighted by atomic mass is 16.2. The molecule has 100 valence electrons. The SMILES string of the molecule is CCNc1cc(NCCNC(N)=O)nc(CC)n1. The molecule has 0 radical (unpaired) electrons. The maximum Gasteiger partial charge on any atom is 0.312 e. The van der Waals surface area contributed by atoms with Gasteiger partial charge in [-0.25, -0.2) is 14.8 Å². The largest absolute Gasteiger partial charge is 0.370 e. The van der Waals surface area contributed by atoms with Gasteiger partial charge in [0.2, 0.25) is 0 Å². The number of carbonyl (C=O) groups excluding carboxylic acids is 1. The van der Waals surface area contributed by atoms with Crippen LogP contribution >= 0.6 is 0 Å². The van der Waals surface area contributed by atoms with Crippen molar-refractivity contribution in [2.45, 2.75) is 20.3 Å². The lowest BCUT2D eigenvalue weighted by atomic mass is 10.4. The van der Waals surface area contributed by atoms with Crippen molar-refractivity contribution >= 4 is 17.7 Å². The van der Waals surface area contributed by atoms with Crippen molar-refractivity contribution in [2.24, 2.45) is 5.73 Å². The molecule has 18 heavy (non-hydrogen) atoms. The number of aryl methyl sites for hydroxylation is 1. The van der Waals surface area contributed by atoms with E-state index in [0.29, 0.717) is 13.1 Å². The predicted molar refractivity (Wildman–Crippen MR) is 71.6 cm³/mol. The molecule has 1 heterocycles. The Kier molecular flexibility index (Phi) is 5.69. The van der Waals surface area contributed by atoms with Gasteiger partial charge in [0.05, 0.1) is 0 Å². The van der Waals surface area contributed by atoms with E-state index in [1.807, 2.05) is 19.9 Å². The molecule has 1 aromatic heterocycles. The van der Waals surface area contributed by atoms with Gasteiger partial charge < -0.3 is 21.7 Å². The molecule has 0 fully saturated rings. The van der Waals surface area contributed by atoms with Gasteiger partial charge >= 0.3 is 6.03 Å². The summed E-state index contributed by atoms with van der Waals surface area (Å²) in [6.45, 7) is 5.84. The van der Waals surface area contributed by atoms with Gasteiger partial charge in [0.1, 0.15) is 17.5 Å². The van der Waals surface area contributed by atoms with Crippen LogP contribution in [-0.4, -0.2) is 35.6 Å². The number of nitrogens with one attached hydrogen (secondary N) is 3. The van der Waals surface area contributed by atoms with Crippen LogP contribution in [0.15, 0.2) is 6.07 Å². The van der Waals surface area contributed by atoms with Crippen LogP contribution in [0.4, 0.5) is 16.4 Å². The van der Waals surface area contributed by atoms with Crippen LogP contribution < -0.4 is 21.7 Å². The van der Waals surface area contributed by atoms with Gasteiger partial charge in [-0.05, 0) is 6.92 Å². The number of hydrogen-bond donors (Lipinski definition) is 4. The number of primary amides is 1. The van der Waals surface area contributed by atoms with E-state index in [-0.39, 0.29) is 0 Å². The molecule has 5 N–H and O–H groups in total. The number of hydrogen-bond acceptors (Lipinski definition) is 5. The minimum Gasteiger partial charge on any atom is -0.370 e. The summed E-state index contributed by atoms with van der Waals surface area (Å²) in [5.41, 5.74) is 4.97. The number of anilines is 2. The number of aromatic nitrogens is 2. The van der Waals surface area contributed by atoms with Gasteiger partial charge in [0.25, 0.3) is 0 Å². The molecule has 0 saturated heterocycles. The highest BCUT2D eigenvalue weighted by Crippen LogP contribution is 2.11. The molecule has 0 bridgehead atoms. The minimum absolute atomic E-state index is 0.456. The fraction of sp³-hybridized carbons (Fsp3) is 0.545. The molecule has 0 spiro atoms. The molecular weight excluding hydrogens is 232 g/mol. The van der Waals surface area contributed by atoms with Gasteiger partial charge in [-0.3, -0.25) is 0 Å². The normalized spacial score (nSPS) is 9.89. The third kappa shape index (κ3) is 4.86. The fourth-order valence-electron chi connectivity index (χ4n) is 1.39. The third-order valence-corrected chi connectivity index (χ3v) is 2.18. The number of amides is 2. The zero-order valence-corrected chi connectivity index (χ0v) is 10.8. The first-order valence-electron chi connectivity index (χ1n) is 6.04. The van der Waals surface area contributed by atoms with E-state index in [4.69, 9.17) is 5.73 Å². The summed E-state index contributed by atoms with van der Waals surface area (Å²) in [4.78, 5) is 19.2. The van der Waals surface area contributed by atoms with Crippen LogP contribution in [0.5, 0.6) is 0 Å². The van der Waals surface area contributed by atoms with Crippen LogP contribution in [-0.2, 0) is 6.42 Å². The Morgan fingerprint density at radius 3 is 2.44 bits per heavy atom. The topological polar surface area (TPSA) is 105 Å². The molecule has 1 rings (SSSR count). The number of nitrogens with two attached hydrogens (primary N) is 1. The minimum atomic E-state index is -0.526. The van der Waals surface area contributed by atoms with Crippen LogP contribution in [0.1, 0.15) is 19.7 Å². The average Bonchev–Trinajstić information content (AvgIpc) is 2.34. The van der Waals surface area contributed by atoms with Crippen LogP contribution in [0.25, 0.3) is 0 Å². The molecule has 0 aliphatic heterocycles. The Morgan fingerprint density at radius 1 is 1.22 bits per heavy atom. The van der Waals surface area contributed by atoms with Crippen LogP contribution in [0.2, 0.25) is 0 Å². The predicted octanol–water partition coefficient (Wildman–Crippen LogP) is 0.551. The Balaban J connectivity index is 2.57. The van der Waals surface area contributed by atoms with E-state index in [9.17, 15) is 4.79 Å². The van der Waals surface area contributed by atoms with Crippen molar-refractivity contribution in [2.75, 3.05) is 30.3 Å². The maximum absolute atomic E-state index is 10.5. The molecule has 0 atom stereocenters. The van der Waals surface area contributed by atoms with Crippen molar-refractivity contribution < 1.29 is 4.79 Å². The zero-order valence-electron chi connectivity index (χ0n) is 10.8. The number of nitrogens with zero attached hydrogens (tertiary/aromatic N) is 2. The quantitative estimate of drug-likeness (QED) is 0.530. The van der Waals surface area contributed by atoms with E-state index >= 15 is 0 Å². The molecule has 2 amide bonds. The van der Waals surface area contributed by atoms with Crippen LogP contribution in [0, 0.1) is 0 Å². The average molecular weight is 252 g/mol. The first-order valence-corrected chi connectivity index (χ1v) is 6.04. The summed E-state index contributed by atoms with van der Waals surface area (Å²) in [5, 5.41) is 8.76. The lowest BCUT2D eigenvalue weighted by molar-refractivity contribution is 0.249. The van der Waals surface area contributed by atoms with E-state index in [2.05, 4.69) is 25.9 Å². The smallest absolute Gasteiger partial charge is 0.312 e. The fourth-order valence-corrected chi connectivity index (χ4v) is 1.39. The van der Waals surface area contributed by atoms with Crippen molar-refractivity contribution in [3.05, 3.63) is 11.9 Å². The molecule has 0 aliphatic rings. The van der Waals surface area contributed by atoms with Crippen LogP contribution in [0.3, 0.4) is 0 Å². The van der Waals surface area contributed by atoms with E-state index < -0.39 is 6.03 Å². The summed E-state index contributed by atoms with van der Waals surface area (Å²) in [6.07, 6.45) is 0.771. The van der Waals surface area contributed by atoms with E-state index in [0.717, 1.165) is 30.4 Å². The maximum atomic E-state index is 10.5. The van der Waals surface area contributed by atoms with Crippen molar-refractivity contribution in [1.82, 2.24) is 15.3 Å². The second-order valence-corrected chi connectivity index (χ2v) is 3.66. The molecule has 7 nitrogen and oxygen atoms in total. The summed E-state index contributed by atoms with van der Waals surface area (Å²) in [7, 11) is 0. The van der Waals surface area contributed by atoms with E-state index in [1.54, 1.807) is 0 Å². The van der Waals surface area contributed by atoms with Gasteiger partial charge in [-0.1, -0.05) is 6.92 Å². The van der Waals surface area contributed by atoms with Gasteiger partial charge in [0.15, 0.2) is 0 Å². The number of rotatable bonds is 7. The Bertz CT molecular complexity index is 395. The van der Waals surface area contributed by atoms with Crippen molar-refractivity contribution in [3.63, 3.8) is 0 Å². The zero-order chi connectivity index (χ0) is 13.4. The Labute approximate surface area is 107 Å². The van der Waals surface area contributed by atoms with Gasteiger partial charge in [-0.15, -0.1) is 0 Å². The second kappa shape index (κ2) is 7.31. The first-order chi connectivity index (χ1) is 8.65. The summed E-state index contributed by atoms with van der Waals surface area (Å²) < 4.78 is 0. The summed E-state index contributed by atoms with van der Waals surface area (Å²) in [5.74, 6) is 2.32. The summed E-state index contributed by atoms with van der Waals surface area (Å²) in [6, 6.07) is 1.31. The molecule has 0 aliphatic carbocycles.